The quantitative estimate of drug-likeness (QED) is 0.147. The fourth-order valence-corrected chi connectivity index (χ4v) is 4.00. The van der Waals surface area contributed by atoms with Crippen LogP contribution in [0.25, 0.3) is 10.8 Å². The van der Waals surface area contributed by atoms with Crippen molar-refractivity contribution in [1.29, 1.82) is 0 Å². The maximum absolute atomic E-state index is 11.3. The normalized spacial score (nSPS) is 10.6. The molecule has 0 radical (unpaired) electrons. The van der Waals surface area contributed by atoms with Crippen LogP contribution in [0, 0.1) is 0 Å². The molecule has 0 N–H and O–H groups in total. The van der Waals surface area contributed by atoms with Crippen LogP contribution in [0.15, 0.2) is 110 Å². The zero-order chi connectivity index (χ0) is 25.3. The third-order valence-corrected chi connectivity index (χ3v) is 5.99. The summed E-state index contributed by atoms with van der Waals surface area (Å²) in [6, 6.07) is 28.5. The van der Waals surface area contributed by atoms with Crippen molar-refractivity contribution in [2.75, 3.05) is 0 Å². The van der Waals surface area contributed by atoms with Crippen LogP contribution in [0.4, 0.5) is 0 Å². The summed E-state index contributed by atoms with van der Waals surface area (Å²) in [5.74, 6) is 0.140. The summed E-state index contributed by atoms with van der Waals surface area (Å²) < 4.78 is 10.3. The highest BCUT2D eigenvalue weighted by molar-refractivity contribution is 5.84. The molecule has 36 heavy (non-hydrogen) atoms. The molecule has 0 bridgehead atoms. The predicted molar refractivity (Wildman–Crippen MR) is 143 cm³/mol. The first-order chi connectivity index (χ1) is 17.5. The molecule has 0 spiro atoms. The summed E-state index contributed by atoms with van der Waals surface area (Å²) in [7, 11) is 0. The summed E-state index contributed by atoms with van der Waals surface area (Å²) in [6.07, 6.45) is 5.99. The molecule has 0 aliphatic heterocycles. The standard InChI is InChI=1S/C32H28O4/c1-3-31(33)35-29-17-11-23(12-18-29)5-7-25-9-15-28-22-26(10-16-27(28)21-25)8-6-24-13-19-30(20-14-24)36-32(34)4-2/h3-4,9-22H,1-2,5-8H2. The molecule has 4 aromatic rings. The topological polar surface area (TPSA) is 52.6 Å². The highest BCUT2D eigenvalue weighted by Gasteiger charge is 2.04. The highest BCUT2D eigenvalue weighted by atomic mass is 16.5. The number of hydrogen-bond acceptors (Lipinski definition) is 4. The number of ether oxygens (including phenoxy) is 2. The average Bonchev–Trinajstić information content (AvgIpc) is 2.92. The van der Waals surface area contributed by atoms with Gasteiger partial charge in [0.25, 0.3) is 0 Å². The Kier molecular flexibility index (Phi) is 8.09. The van der Waals surface area contributed by atoms with E-state index in [0.29, 0.717) is 11.5 Å². The number of fused-ring (bicyclic) bond motifs is 1. The first-order valence-electron chi connectivity index (χ1n) is 11.9. The van der Waals surface area contributed by atoms with Gasteiger partial charge in [-0.3, -0.25) is 0 Å². The van der Waals surface area contributed by atoms with Gasteiger partial charge in [-0.25, -0.2) is 9.59 Å². The molecular formula is C32H28O4. The molecule has 4 heteroatoms. The van der Waals surface area contributed by atoms with Crippen LogP contribution in [0.1, 0.15) is 22.3 Å². The minimum absolute atomic E-state index is 0.454. The Balaban J connectivity index is 1.32. The number of esters is 2. The largest absolute Gasteiger partial charge is 0.423 e. The Labute approximate surface area is 211 Å². The van der Waals surface area contributed by atoms with Crippen LogP contribution in [-0.2, 0) is 35.3 Å². The maximum Gasteiger partial charge on any atom is 0.335 e. The lowest BCUT2D eigenvalue weighted by atomic mass is 9.98. The summed E-state index contributed by atoms with van der Waals surface area (Å²) in [6.45, 7) is 6.82. The van der Waals surface area contributed by atoms with Crippen LogP contribution in [0.3, 0.4) is 0 Å². The summed E-state index contributed by atoms with van der Waals surface area (Å²) in [5, 5.41) is 2.47. The predicted octanol–water partition coefficient (Wildman–Crippen LogP) is 6.59. The van der Waals surface area contributed by atoms with E-state index in [1.165, 1.54) is 33.0 Å². The van der Waals surface area contributed by atoms with E-state index >= 15 is 0 Å². The summed E-state index contributed by atoms with van der Waals surface area (Å²) in [4.78, 5) is 22.6. The molecule has 0 aliphatic carbocycles. The van der Waals surface area contributed by atoms with Gasteiger partial charge in [0.05, 0.1) is 0 Å². The average molecular weight is 477 g/mol. The molecule has 0 aromatic heterocycles. The van der Waals surface area contributed by atoms with E-state index in [2.05, 4.69) is 49.6 Å². The third-order valence-electron chi connectivity index (χ3n) is 5.99. The first kappa shape index (κ1) is 24.7. The second-order valence-corrected chi connectivity index (χ2v) is 8.55. The Morgan fingerprint density at radius 2 is 0.861 bits per heavy atom. The van der Waals surface area contributed by atoms with Crippen molar-refractivity contribution < 1.29 is 19.1 Å². The fraction of sp³-hybridized carbons (Fsp3) is 0.125. The van der Waals surface area contributed by atoms with Crippen molar-refractivity contribution in [3.05, 3.63) is 132 Å². The van der Waals surface area contributed by atoms with E-state index in [9.17, 15) is 9.59 Å². The molecule has 0 saturated heterocycles. The molecule has 4 aromatic carbocycles. The molecule has 180 valence electrons. The van der Waals surface area contributed by atoms with Gasteiger partial charge in [-0.05, 0) is 83.0 Å². The Hall–Kier alpha value is -4.44. The van der Waals surface area contributed by atoms with Crippen molar-refractivity contribution in [1.82, 2.24) is 0 Å². The lowest BCUT2D eigenvalue weighted by Crippen LogP contribution is -2.03. The van der Waals surface area contributed by atoms with Gasteiger partial charge in [0.1, 0.15) is 11.5 Å². The van der Waals surface area contributed by atoms with Gasteiger partial charge in [-0.2, -0.15) is 0 Å². The van der Waals surface area contributed by atoms with E-state index in [4.69, 9.17) is 9.47 Å². The fourth-order valence-electron chi connectivity index (χ4n) is 4.00. The number of carbonyl (C=O) groups is 2. The molecule has 4 nitrogen and oxygen atoms in total. The van der Waals surface area contributed by atoms with E-state index < -0.39 is 11.9 Å². The van der Waals surface area contributed by atoms with E-state index in [-0.39, 0.29) is 0 Å². The van der Waals surface area contributed by atoms with Gasteiger partial charge in [0.2, 0.25) is 0 Å². The van der Waals surface area contributed by atoms with Crippen LogP contribution >= 0.6 is 0 Å². The monoisotopic (exact) mass is 476 g/mol. The lowest BCUT2D eigenvalue weighted by molar-refractivity contribution is -0.129. The van der Waals surface area contributed by atoms with Gasteiger partial charge >= 0.3 is 11.9 Å². The maximum atomic E-state index is 11.3. The molecule has 0 fully saturated rings. The van der Waals surface area contributed by atoms with Crippen LogP contribution in [0.2, 0.25) is 0 Å². The molecule has 0 aliphatic rings. The SMILES string of the molecule is C=CC(=O)Oc1ccc(CCc2ccc3cc(CCc4ccc(OC(=O)C=C)cc4)ccc3c2)cc1. The van der Waals surface area contributed by atoms with E-state index in [0.717, 1.165) is 37.8 Å². The molecule has 0 amide bonds. The zero-order valence-corrected chi connectivity index (χ0v) is 20.1. The number of rotatable bonds is 10. The van der Waals surface area contributed by atoms with Crippen molar-refractivity contribution in [2.45, 2.75) is 25.7 Å². The number of aryl methyl sites for hydroxylation is 4. The van der Waals surface area contributed by atoms with Gasteiger partial charge in [0, 0.05) is 12.2 Å². The van der Waals surface area contributed by atoms with Crippen LogP contribution in [-0.4, -0.2) is 11.9 Å². The Bertz CT molecular complexity index is 1270. The van der Waals surface area contributed by atoms with Crippen molar-refractivity contribution >= 4 is 22.7 Å². The summed E-state index contributed by atoms with van der Waals surface area (Å²) >= 11 is 0. The summed E-state index contributed by atoms with van der Waals surface area (Å²) in [5.41, 5.74) is 4.95. The number of hydrogen-bond donors (Lipinski definition) is 0. The van der Waals surface area contributed by atoms with E-state index in [1.807, 2.05) is 48.5 Å². The third kappa shape index (κ3) is 6.80. The molecule has 0 atom stereocenters. The minimum atomic E-state index is -0.454. The molecule has 0 heterocycles. The second-order valence-electron chi connectivity index (χ2n) is 8.55. The van der Waals surface area contributed by atoms with Crippen molar-refractivity contribution in [3.63, 3.8) is 0 Å². The smallest absolute Gasteiger partial charge is 0.335 e. The molecule has 0 unspecified atom stereocenters. The van der Waals surface area contributed by atoms with Crippen LogP contribution in [0.5, 0.6) is 11.5 Å². The van der Waals surface area contributed by atoms with Crippen molar-refractivity contribution in [3.8, 4) is 11.5 Å². The van der Waals surface area contributed by atoms with Gasteiger partial charge < -0.3 is 9.47 Å². The Morgan fingerprint density at radius 3 is 1.22 bits per heavy atom. The van der Waals surface area contributed by atoms with Gasteiger partial charge in [0.15, 0.2) is 0 Å². The second kappa shape index (κ2) is 11.8. The van der Waals surface area contributed by atoms with E-state index in [1.54, 1.807) is 0 Å². The molecule has 4 rings (SSSR count). The van der Waals surface area contributed by atoms with Gasteiger partial charge in [-0.1, -0.05) is 73.8 Å². The van der Waals surface area contributed by atoms with Crippen LogP contribution < -0.4 is 9.47 Å². The lowest BCUT2D eigenvalue weighted by Gasteiger charge is -2.08. The number of carbonyl (C=O) groups excluding carboxylic acids is 2. The van der Waals surface area contributed by atoms with Gasteiger partial charge in [-0.15, -0.1) is 0 Å². The minimum Gasteiger partial charge on any atom is -0.423 e. The zero-order valence-electron chi connectivity index (χ0n) is 20.1. The molecular weight excluding hydrogens is 448 g/mol. The molecule has 0 saturated carbocycles. The number of benzene rings is 4. The highest BCUT2D eigenvalue weighted by Crippen LogP contribution is 2.21. The van der Waals surface area contributed by atoms with Crippen molar-refractivity contribution in [2.24, 2.45) is 0 Å². The Morgan fingerprint density at radius 1 is 0.528 bits per heavy atom. The first-order valence-corrected chi connectivity index (χ1v) is 11.9.